The quantitative estimate of drug-likeness (QED) is 0.713. The molecule has 0 bridgehead atoms. The molecule has 0 radical (unpaired) electrons. The van der Waals surface area contributed by atoms with Gasteiger partial charge in [-0.05, 0) is 25.8 Å². The highest BCUT2D eigenvalue weighted by Gasteiger charge is 2.28. The number of hydrogen-bond donors (Lipinski definition) is 0. The minimum atomic E-state index is -0.308. The van der Waals surface area contributed by atoms with Crippen LogP contribution in [0.3, 0.4) is 0 Å². The molecule has 5 heteroatoms. The molecular weight excluding hydrogens is 206 g/mol. The van der Waals surface area contributed by atoms with E-state index in [4.69, 9.17) is 10.00 Å². The fourth-order valence-electron chi connectivity index (χ4n) is 1.65. The summed E-state index contributed by atoms with van der Waals surface area (Å²) in [5.41, 5.74) is 1.34. The van der Waals surface area contributed by atoms with Crippen molar-refractivity contribution in [1.29, 1.82) is 5.26 Å². The van der Waals surface area contributed by atoms with Crippen LogP contribution in [0.2, 0.25) is 0 Å². The molecule has 2 rings (SSSR count). The Morgan fingerprint density at radius 1 is 1.75 bits per heavy atom. The van der Waals surface area contributed by atoms with E-state index in [0.29, 0.717) is 18.2 Å². The fourth-order valence-corrected chi connectivity index (χ4v) is 1.65. The molecule has 16 heavy (non-hydrogen) atoms. The van der Waals surface area contributed by atoms with Crippen molar-refractivity contribution in [2.24, 2.45) is 0 Å². The first-order chi connectivity index (χ1) is 7.74. The summed E-state index contributed by atoms with van der Waals surface area (Å²) in [5.74, 6) is 0.154. The molecule has 0 amide bonds. The van der Waals surface area contributed by atoms with Crippen molar-refractivity contribution in [2.75, 3.05) is 6.61 Å². The second-order valence-electron chi connectivity index (χ2n) is 3.80. The van der Waals surface area contributed by atoms with Crippen molar-refractivity contribution < 1.29 is 9.53 Å². The number of aromatic nitrogens is 2. The molecule has 5 nitrogen and oxygen atoms in total. The molecule has 0 aliphatic heterocycles. The average Bonchev–Trinajstić information content (AvgIpc) is 3.02. The molecule has 1 aromatic heterocycles. The summed E-state index contributed by atoms with van der Waals surface area (Å²) in [5, 5.41) is 12.8. The molecule has 0 unspecified atom stereocenters. The minimum absolute atomic E-state index is 0.0986. The molecule has 0 N–H and O–H groups in total. The maximum absolute atomic E-state index is 11.3. The summed E-state index contributed by atoms with van der Waals surface area (Å²) in [6.07, 6.45) is 2.22. The van der Waals surface area contributed by atoms with Gasteiger partial charge >= 0.3 is 5.97 Å². The third-order valence-corrected chi connectivity index (χ3v) is 2.51. The first kappa shape index (κ1) is 10.7. The summed E-state index contributed by atoms with van der Waals surface area (Å²) in [4.78, 5) is 11.3. The van der Waals surface area contributed by atoms with E-state index in [0.717, 1.165) is 18.5 Å². The Labute approximate surface area is 93.6 Å². The highest BCUT2D eigenvalue weighted by Crippen LogP contribution is 2.40. The highest BCUT2D eigenvalue weighted by molar-refractivity contribution is 5.69. The van der Waals surface area contributed by atoms with Crippen molar-refractivity contribution in [3.8, 4) is 6.07 Å². The maximum Gasteiger partial charge on any atom is 0.327 e. The molecule has 0 atom stereocenters. The zero-order valence-corrected chi connectivity index (χ0v) is 9.14. The molecule has 0 spiro atoms. The first-order valence-corrected chi connectivity index (χ1v) is 5.38. The third kappa shape index (κ3) is 2.22. The third-order valence-electron chi connectivity index (χ3n) is 2.51. The lowest BCUT2D eigenvalue weighted by Gasteiger charge is -2.05. The molecule has 84 valence electrons. The van der Waals surface area contributed by atoms with E-state index in [1.807, 2.05) is 6.07 Å². The van der Waals surface area contributed by atoms with Gasteiger partial charge in [-0.2, -0.15) is 10.4 Å². The second kappa shape index (κ2) is 4.35. The van der Waals surface area contributed by atoms with Gasteiger partial charge in [-0.25, -0.2) is 0 Å². The lowest BCUT2D eigenvalue weighted by Crippen LogP contribution is -2.16. The van der Waals surface area contributed by atoms with Gasteiger partial charge in [0.1, 0.15) is 12.6 Å². The number of rotatable bonds is 4. The maximum atomic E-state index is 11.3. The largest absolute Gasteiger partial charge is 0.465 e. The number of ether oxygens (including phenoxy) is 1. The van der Waals surface area contributed by atoms with Gasteiger partial charge < -0.3 is 4.74 Å². The Morgan fingerprint density at radius 2 is 2.50 bits per heavy atom. The lowest BCUT2D eigenvalue weighted by molar-refractivity contribution is -0.144. The van der Waals surface area contributed by atoms with Crippen molar-refractivity contribution in [3.63, 3.8) is 0 Å². The van der Waals surface area contributed by atoms with Crippen molar-refractivity contribution in [3.05, 3.63) is 17.5 Å². The smallest absolute Gasteiger partial charge is 0.327 e. The number of nitriles is 1. The summed E-state index contributed by atoms with van der Waals surface area (Å²) in [6, 6.07) is 3.75. The van der Waals surface area contributed by atoms with E-state index in [9.17, 15) is 4.79 Å². The molecule has 1 saturated carbocycles. The van der Waals surface area contributed by atoms with Crippen LogP contribution in [0.25, 0.3) is 0 Å². The monoisotopic (exact) mass is 219 g/mol. The van der Waals surface area contributed by atoms with Crippen LogP contribution >= 0.6 is 0 Å². The SMILES string of the molecule is CCOC(=O)Cn1nc(C#N)cc1C1CC1. The topological polar surface area (TPSA) is 67.9 Å². The van der Waals surface area contributed by atoms with E-state index in [1.165, 1.54) is 0 Å². The zero-order chi connectivity index (χ0) is 11.5. The van der Waals surface area contributed by atoms with E-state index in [1.54, 1.807) is 17.7 Å². The van der Waals surface area contributed by atoms with Crippen LogP contribution in [-0.4, -0.2) is 22.4 Å². The van der Waals surface area contributed by atoms with E-state index < -0.39 is 0 Å². The van der Waals surface area contributed by atoms with Crippen molar-refractivity contribution in [1.82, 2.24) is 9.78 Å². The summed E-state index contributed by atoms with van der Waals surface area (Å²) in [7, 11) is 0. The molecular formula is C11H13N3O2. The zero-order valence-electron chi connectivity index (χ0n) is 9.14. The van der Waals surface area contributed by atoms with Crippen LogP contribution in [0.1, 0.15) is 37.1 Å². The fraction of sp³-hybridized carbons (Fsp3) is 0.545. The molecule has 1 aromatic rings. The van der Waals surface area contributed by atoms with Crippen LogP contribution in [0, 0.1) is 11.3 Å². The Balaban J connectivity index is 2.15. The van der Waals surface area contributed by atoms with Crippen LogP contribution < -0.4 is 0 Å². The minimum Gasteiger partial charge on any atom is -0.465 e. The normalized spacial score (nSPS) is 14.5. The van der Waals surface area contributed by atoms with Gasteiger partial charge in [-0.1, -0.05) is 0 Å². The van der Waals surface area contributed by atoms with Crippen molar-refractivity contribution in [2.45, 2.75) is 32.2 Å². The van der Waals surface area contributed by atoms with Gasteiger partial charge in [0.05, 0.1) is 6.61 Å². The van der Waals surface area contributed by atoms with Crippen LogP contribution in [0.4, 0.5) is 0 Å². The Morgan fingerprint density at radius 3 is 3.06 bits per heavy atom. The van der Waals surface area contributed by atoms with E-state index in [-0.39, 0.29) is 12.5 Å². The standard InChI is InChI=1S/C11H13N3O2/c1-2-16-11(15)7-14-10(8-3-4-8)5-9(6-12)13-14/h5,8H,2-4,7H2,1H3. The predicted molar refractivity (Wildman–Crippen MR) is 55.6 cm³/mol. The lowest BCUT2D eigenvalue weighted by atomic mass is 10.2. The van der Waals surface area contributed by atoms with Crippen LogP contribution in [0.5, 0.6) is 0 Å². The molecule has 1 aliphatic rings. The van der Waals surface area contributed by atoms with Crippen LogP contribution in [0.15, 0.2) is 6.07 Å². The van der Waals surface area contributed by atoms with Gasteiger partial charge in [-0.3, -0.25) is 9.48 Å². The average molecular weight is 219 g/mol. The first-order valence-electron chi connectivity index (χ1n) is 5.38. The highest BCUT2D eigenvalue weighted by atomic mass is 16.5. The van der Waals surface area contributed by atoms with E-state index >= 15 is 0 Å². The summed E-state index contributed by atoms with van der Waals surface area (Å²) in [6.45, 7) is 2.23. The number of carbonyl (C=O) groups excluding carboxylic acids is 1. The summed E-state index contributed by atoms with van der Waals surface area (Å²) >= 11 is 0. The Bertz CT molecular complexity index is 441. The Hall–Kier alpha value is -1.83. The van der Waals surface area contributed by atoms with Gasteiger partial charge in [0.25, 0.3) is 0 Å². The number of hydrogen-bond acceptors (Lipinski definition) is 4. The number of carbonyl (C=O) groups is 1. The molecule has 0 aromatic carbocycles. The van der Waals surface area contributed by atoms with Crippen LogP contribution in [-0.2, 0) is 16.1 Å². The Kier molecular flexibility index (Phi) is 2.91. The molecule has 1 aliphatic carbocycles. The predicted octanol–water partition coefficient (Wildman–Crippen LogP) is 1.20. The van der Waals surface area contributed by atoms with Gasteiger partial charge in [0.15, 0.2) is 5.69 Å². The van der Waals surface area contributed by atoms with Gasteiger partial charge in [0, 0.05) is 11.6 Å². The number of nitrogens with zero attached hydrogens (tertiary/aromatic N) is 3. The summed E-state index contributed by atoms with van der Waals surface area (Å²) < 4.78 is 6.45. The van der Waals surface area contributed by atoms with E-state index in [2.05, 4.69) is 5.10 Å². The molecule has 0 saturated heterocycles. The van der Waals surface area contributed by atoms with Crippen molar-refractivity contribution >= 4 is 5.97 Å². The number of esters is 1. The van der Waals surface area contributed by atoms with Gasteiger partial charge in [-0.15, -0.1) is 0 Å². The second-order valence-corrected chi connectivity index (χ2v) is 3.80. The molecule has 1 fully saturated rings. The van der Waals surface area contributed by atoms with Gasteiger partial charge in [0.2, 0.25) is 0 Å². The molecule has 1 heterocycles.